The highest BCUT2D eigenvalue weighted by molar-refractivity contribution is 7.15. The summed E-state index contributed by atoms with van der Waals surface area (Å²) < 4.78 is 42.0. The van der Waals surface area contributed by atoms with Crippen LogP contribution in [0.5, 0.6) is 5.75 Å². The van der Waals surface area contributed by atoms with Gasteiger partial charge in [0.05, 0.1) is 6.61 Å². The molecule has 2 heterocycles. The number of rotatable bonds is 7. The summed E-state index contributed by atoms with van der Waals surface area (Å²) in [6.07, 6.45) is -2.83. The van der Waals surface area contributed by atoms with Crippen LogP contribution >= 0.6 is 11.3 Å². The van der Waals surface area contributed by atoms with Crippen molar-refractivity contribution >= 4 is 11.3 Å². The fourth-order valence-corrected chi connectivity index (χ4v) is 4.50. The number of ether oxygens (including phenoxy) is 1. The van der Waals surface area contributed by atoms with Gasteiger partial charge in [-0.2, -0.15) is 18.4 Å². The van der Waals surface area contributed by atoms with Crippen LogP contribution in [-0.4, -0.2) is 17.8 Å². The molecule has 1 saturated carbocycles. The lowest BCUT2D eigenvalue weighted by Gasteiger charge is -2.10. The Balaban J connectivity index is 1.54. The lowest BCUT2D eigenvalue weighted by Crippen LogP contribution is -2.12. The molecule has 4 nitrogen and oxygen atoms in total. The fraction of sp³-hybridized carbons (Fsp3) is 0.304. The number of H-pyrrole nitrogens is 1. The number of benzene rings is 1. The number of alkyl halides is 3. The second kappa shape index (κ2) is 8.60. The first-order valence-electron chi connectivity index (χ1n) is 9.91. The summed E-state index contributed by atoms with van der Waals surface area (Å²) in [5, 5.41) is 9.49. The van der Waals surface area contributed by atoms with Crippen molar-refractivity contribution in [1.82, 2.24) is 4.98 Å². The van der Waals surface area contributed by atoms with Crippen molar-refractivity contribution in [3.63, 3.8) is 0 Å². The number of aromatic amines is 1. The molecule has 4 rings (SSSR count). The van der Waals surface area contributed by atoms with E-state index in [9.17, 15) is 23.2 Å². The second-order valence-corrected chi connectivity index (χ2v) is 8.60. The van der Waals surface area contributed by atoms with E-state index in [1.807, 2.05) is 12.1 Å². The Morgan fingerprint density at radius 2 is 1.90 bits per heavy atom. The fourth-order valence-electron chi connectivity index (χ4n) is 3.30. The van der Waals surface area contributed by atoms with Crippen LogP contribution in [0.3, 0.4) is 0 Å². The molecule has 31 heavy (non-hydrogen) atoms. The summed E-state index contributed by atoms with van der Waals surface area (Å²) >= 11 is 1.61. The van der Waals surface area contributed by atoms with E-state index in [-0.39, 0.29) is 18.6 Å². The van der Waals surface area contributed by atoms with Gasteiger partial charge in [0.2, 0.25) is 0 Å². The van der Waals surface area contributed by atoms with Gasteiger partial charge in [0.15, 0.2) is 0 Å². The SMILES string of the molecule is N#Cc1c(-c2ccc(C3CC3)s2)cc(-c2ccc(OCCCC(F)(F)F)cc2)[nH]c1=O. The molecular weight excluding hydrogens is 425 g/mol. The summed E-state index contributed by atoms with van der Waals surface area (Å²) in [6, 6.07) is 14.6. The number of nitriles is 1. The van der Waals surface area contributed by atoms with Gasteiger partial charge in [0, 0.05) is 27.4 Å². The molecule has 8 heteroatoms. The number of aromatic nitrogens is 1. The summed E-state index contributed by atoms with van der Waals surface area (Å²) in [5.41, 5.74) is 1.50. The van der Waals surface area contributed by atoms with Gasteiger partial charge in [0.25, 0.3) is 5.56 Å². The summed E-state index contributed by atoms with van der Waals surface area (Å²) in [7, 11) is 0. The van der Waals surface area contributed by atoms with Crippen molar-refractivity contribution in [3.8, 4) is 33.5 Å². The Kier molecular flexibility index (Phi) is 5.88. The zero-order valence-electron chi connectivity index (χ0n) is 16.5. The van der Waals surface area contributed by atoms with E-state index in [0.717, 1.165) is 4.88 Å². The maximum absolute atomic E-state index is 12.5. The quantitative estimate of drug-likeness (QED) is 0.439. The lowest BCUT2D eigenvalue weighted by molar-refractivity contribution is -0.136. The summed E-state index contributed by atoms with van der Waals surface area (Å²) in [6.45, 7) is -0.0294. The Labute approximate surface area is 180 Å². The number of pyridine rings is 1. The van der Waals surface area contributed by atoms with Crippen LogP contribution in [0.1, 0.15) is 42.0 Å². The minimum absolute atomic E-state index is 0.0294. The summed E-state index contributed by atoms with van der Waals surface area (Å²) in [5.74, 6) is 1.05. The monoisotopic (exact) mass is 444 g/mol. The third kappa shape index (κ3) is 5.17. The number of hydrogen-bond acceptors (Lipinski definition) is 4. The number of halogens is 3. The molecule has 1 aliphatic rings. The van der Waals surface area contributed by atoms with E-state index in [1.165, 1.54) is 17.7 Å². The Morgan fingerprint density at radius 3 is 2.55 bits per heavy atom. The van der Waals surface area contributed by atoms with Crippen LogP contribution in [0, 0.1) is 11.3 Å². The summed E-state index contributed by atoms with van der Waals surface area (Å²) in [4.78, 5) is 17.4. The highest BCUT2D eigenvalue weighted by atomic mass is 32.1. The van der Waals surface area contributed by atoms with Crippen molar-refractivity contribution < 1.29 is 17.9 Å². The molecule has 0 saturated heterocycles. The van der Waals surface area contributed by atoms with E-state index < -0.39 is 18.2 Å². The second-order valence-electron chi connectivity index (χ2n) is 7.48. The number of nitrogens with one attached hydrogen (secondary N) is 1. The molecule has 1 N–H and O–H groups in total. The van der Waals surface area contributed by atoms with Crippen LogP contribution < -0.4 is 10.3 Å². The van der Waals surface area contributed by atoms with Crippen molar-refractivity contribution in [3.05, 3.63) is 63.3 Å². The van der Waals surface area contributed by atoms with Crippen LogP contribution in [-0.2, 0) is 0 Å². The topological polar surface area (TPSA) is 65.9 Å². The predicted octanol–water partition coefficient (Wildman–Crippen LogP) is 6.24. The Bertz CT molecular complexity index is 1170. The maximum Gasteiger partial charge on any atom is 0.389 e. The Morgan fingerprint density at radius 1 is 1.16 bits per heavy atom. The molecule has 2 aromatic heterocycles. The largest absolute Gasteiger partial charge is 0.494 e. The van der Waals surface area contributed by atoms with Gasteiger partial charge in [-0.05, 0) is 73.2 Å². The van der Waals surface area contributed by atoms with Crippen LogP contribution in [0.25, 0.3) is 21.7 Å². The van der Waals surface area contributed by atoms with E-state index in [0.29, 0.717) is 28.5 Å². The first kappa shape index (κ1) is 21.2. The van der Waals surface area contributed by atoms with E-state index in [2.05, 4.69) is 11.1 Å². The van der Waals surface area contributed by atoms with Gasteiger partial charge in [0.1, 0.15) is 17.4 Å². The van der Waals surface area contributed by atoms with Gasteiger partial charge in [-0.1, -0.05) is 0 Å². The third-order valence-electron chi connectivity index (χ3n) is 5.06. The van der Waals surface area contributed by atoms with Crippen molar-refractivity contribution in [2.75, 3.05) is 6.61 Å². The highest BCUT2D eigenvalue weighted by Gasteiger charge is 2.26. The molecule has 1 aliphatic carbocycles. The zero-order valence-corrected chi connectivity index (χ0v) is 17.3. The van der Waals surface area contributed by atoms with Crippen molar-refractivity contribution in [2.24, 2.45) is 0 Å². The molecule has 0 amide bonds. The zero-order chi connectivity index (χ0) is 22.0. The average Bonchev–Trinajstić information content (AvgIpc) is 3.47. The first-order chi connectivity index (χ1) is 14.8. The van der Waals surface area contributed by atoms with Gasteiger partial charge in [-0.3, -0.25) is 4.79 Å². The smallest absolute Gasteiger partial charge is 0.389 e. The number of hydrogen-bond donors (Lipinski definition) is 1. The molecule has 0 atom stereocenters. The van der Waals surface area contributed by atoms with Gasteiger partial charge in [-0.15, -0.1) is 11.3 Å². The standard InChI is InChI=1S/C23H19F3N2O2S/c24-23(25,26)10-1-11-30-16-6-4-14(5-7-16)19-12-17(18(13-27)22(29)28-19)21-9-8-20(31-21)15-2-3-15/h4-9,12,15H,1-3,10-11H2,(H,28,29). The average molecular weight is 444 g/mol. The van der Waals surface area contributed by atoms with E-state index in [4.69, 9.17) is 4.74 Å². The van der Waals surface area contributed by atoms with Crippen molar-refractivity contribution in [1.29, 1.82) is 5.26 Å². The third-order valence-corrected chi connectivity index (χ3v) is 6.34. The van der Waals surface area contributed by atoms with Gasteiger partial charge < -0.3 is 9.72 Å². The van der Waals surface area contributed by atoms with Crippen LogP contribution in [0.4, 0.5) is 13.2 Å². The highest BCUT2D eigenvalue weighted by Crippen LogP contribution is 2.45. The molecule has 0 unspecified atom stereocenters. The van der Waals surface area contributed by atoms with Crippen LogP contribution in [0.15, 0.2) is 47.3 Å². The molecule has 1 aromatic carbocycles. The molecule has 0 bridgehead atoms. The maximum atomic E-state index is 12.5. The molecule has 160 valence electrons. The lowest BCUT2D eigenvalue weighted by atomic mass is 10.0. The van der Waals surface area contributed by atoms with Crippen LogP contribution in [0.2, 0.25) is 0 Å². The van der Waals surface area contributed by atoms with E-state index in [1.54, 1.807) is 41.7 Å². The van der Waals surface area contributed by atoms with Gasteiger partial charge in [-0.25, -0.2) is 0 Å². The molecule has 0 radical (unpaired) electrons. The molecule has 3 aromatic rings. The minimum atomic E-state index is -4.19. The molecule has 1 fully saturated rings. The first-order valence-corrected chi connectivity index (χ1v) is 10.7. The Hall–Kier alpha value is -3.05. The normalized spacial score (nSPS) is 13.7. The van der Waals surface area contributed by atoms with Gasteiger partial charge >= 0.3 is 6.18 Å². The number of thiophene rings is 1. The molecule has 0 aliphatic heterocycles. The number of nitrogens with zero attached hydrogens (tertiary/aromatic N) is 1. The molecule has 0 spiro atoms. The minimum Gasteiger partial charge on any atom is -0.494 e. The van der Waals surface area contributed by atoms with E-state index >= 15 is 0 Å². The predicted molar refractivity (Wildman–Crippen MR) is 113 cm³/mol. The molecular formula is C23H19F3N2O2S. The van der Waals surface area contributed by atoms with Crippen molar-refractivity contribution in [2.45, 2.75) is 37.8 Å².